The number of halogens is 4. The van der Waals surface area contributed by atoms with Crippen molar-refractivity contribution in [1.82, 2.24) is 0 Å². The maximum Gasteiger partial charge on any atom is 0.391 e. The Morgan fingerprint density at radius 3 is 2.33 bits per heavy atom. The minimum atomic E-state index is -4.02. The molecule has 2 rings (SSSR count). The standard InChI is InChI=1S/C13H15F3IN/c14-13(15,16)9-4-6-11(7-5-9)18-12-3-1-2-10(17)8-12/h1-3,8-9,11,18H,4-7H2. The van der Waals surface area contributed by atoms with E-state index in [4.69, 9.17) is 0 Å². The Bertz CT molecular complexity index is 397. The highest BCUT2D eigenvalue weighted by atomic mass is 127. The first-order chi connectivity index (χ1) is 8.45. The van der Waals surface area contributed by atoms with Crippen molar-refractivity contribution in [3.63, 3.8) is 0 Å². The van der Waals surface area contributed by atoms with E-state index in [1.165, 1.54) is 0 Å². The molecule has 1 fully saturated rings. The molecule has 1 aliphatic rings. The number of anilines is 1. The molecule has 0 radical (unpaired) electrons. The predicted octanol–water partition coefficient (Wildman–Crippen LogP) is 4.82. The fourth-order valence-electron chi connectivity index (χ4n) is 2.38. The summed E-state index contributed by atoms with van der Waals surface area (Å²) < 4.78 is 38.7. The number of rotatable bonds is 2. The summed E-state index contributed by atoms with van der Waals surface area (Å²) in [6, 6.07) is 8.08. The van der Waals surface area contributed by atoms with Gasteiger partial charge in [0.25, 0.3) is 0 Å². The van der Waals surface area contributed by atoms with Gasteiger partial charge in [0.1, 0.15) is 0 Å². The van der Waals surface area contributed by atoms with Crippen molar-refractivity contribution in [2.75, 3.05) is 5.32 Å². The van der Waals surface area contributed by atoms with Gasteiger partial charge < -0.3 is 5.32 Å². The topological polar surface area (TPSA) is 12.0 Å². The summed E-state index contributed by atoms with van der Waals surface area (Å²) in [7, 11) is 0. The Hall–Kier alpha value is -0.460. The lowest BCUT2D eigenvalue weighted by Crippen LogP contribution is -2.32. The van der Waals surface area contributed by atoms with Gasteiger partial charge in [-0.05, 0) is 66.5 Å². The molecule has 0 atom stereocenters. The second-order valence-electron chi connectivity index (χ2n) is 4.74. The van der Waals surface area contributed by atoms with Crippen LogP contribution in [0.5, 0.6) is 0 Å². The molecule has 5 heteroatoms. The minimum absolute atomic E-state index is 0.168. The summed E-state index contributed by atoms with van der Waals surface area (Å²) >= 11 is 2.22. The lowest BCUT2D eigenvalue weighted by Gasteiger charge is -2.30. The summed E-state index contributed by atoms with van der Waals surface area (Å²) in [5.74, 6) is -1.11. The van der Waals surface area contributed by atoms with E-state index in [9.17, 15) is 13.2 Å². The van der Waals surface area contributed by atoms with Gasteiger partial charge in [0, 0.05) is 15.3 Å². The highest BCUT2D eigenvalue weighted by molar-refractivity contribution is 14.1. The van der Waals surface area contributed by atoms with E-state index in [1.807, 2.05) is 24.3 Å². The average molecular weight is 369 g/mol. The zero-order valence-corrected chi connectivity index (χ0v) is 12.0. The normalized spacial score (nSPS) is 24.9. The van der Waals surface area contributed by atoms with Gasteiger partial charge in [-0.25, -0.2) is 0 Å². The molecule has 1 aromatic rings. The molecule has 1 aromatic carbocycles. The first-order valence-corrected chi connectivity index (χ1v) is 7.12. The van der Waals surface area contributed by atoms with Crippen LogP contribution in [-0.2, 0) is 0 Å². The number of nitrogens with one attached hydrogen (secondary N) is 1. The average Bonchev–Trinajstić information content (AvgIpc) is 2.28. The summed E-state index contributed by atoms with van der Waals surface area (Å²) in [4.78, 5) is 0. The lowest BCUT2D eigenvalue weighted by molar-refractivity contribution is -0.182. The fourth-order valence-corrected chi connectivity index (χ4v) is 2.92. The van der Waals surface area contributed by atoms with Crippen LogP contribution in [0.3, 0.4) is 0 Å². The molecule has 0 heterocycles. The Balaban J connectivity index is 1.87. The molecule has 1 N–H and O–H groups in total. The van der Waals surface area contributed by atoms with E-state index in [-0.39, 0.29) is 18.9 Å². The second kappa shape index (κ2) is 5.67. The SMILES string of the molecule is FC(F)(F)C1CCC(Nc2cccc(I)c2)CC1. The van der Waals surface area contributed by atoms with Crippen molar-refractivity contribution in [2.45, 2.75) is 37.9 Å². The van der Waals surface area contributed by atoms with E-state index in [2.05, 4.69) is 27.9 Å². The van der Waals surface area contributed by atoms with Crippen LogP contribution in [0.25, 0.3) is 0 Å². The molecule has 0 saturated heterocycles. The zero-order chi connectivity index (χ0) is 13.2. The number of hydrogen-bond donors (Lipinski definition) is 1. The van der Waals surface area contributed by atoms with Gasteiger partial charge in [0.15, 0.2) is 0 Å². The third-order valence-corrected chi connectivity index (χ3v) is 4.06. The molecule has 1 nitrogen and oxygen atoms in total. The molecular weight excluding hydrogens is 354 g/mol. The third kappa shape index (κ3) is 3.76. The molecule has 0 amide bonds. The smallest absolute Gasteiger partial charge is 0.382 e. The van der Waals surface area contributed by atoms with E-state index in [0.717, 1.165) is 9.26 Å². The van der Waals surface area contributed by atoms with E-state index >= 15 is 0 Å². The monoisotopic (exact) mass is 369 g/mol. The van der Waals surface area contributed by atoms with Crippen molar-refractivity contribution in [1.29, 1.82) is 0 Å². The Morgan fingerprint density at radius 1 is 1.11 bits per heavy atom. The molecule has 1 saturated carbocycles. The number of alkyl halides is 3. The molecule has 0 aromatic heterocycles. The van der Waals surface area contributed by atoms with Crippen molar-refractivity contribution in [2.24, 2.45) is 5.92 Å². The Morgan fingerprint density at radius 2 is 1.78 bits per heavy atom. The van der Waals surface area contributed by atoms with Gasteiger partial charge in [-0.1, -0.05) is 6.07 Å². The van der Waals surface area contributed by atoms with Gasteiger partial charge in [0.2, 0.25) is 0 Å². The van der Waals surface area contributed by atoms with Crippen LogP contribution >= 0.6 is 22.6 Å². The van der Waals surface area contributed by atoms with Crippen LogP contribution < -0.4 is 5.32 Å². The molecule has 18 heavy (non-hydrogen) atoms. The molecular formula is C13H15F3IN. The maximum absolute atomic E-state index is 12.5. The molecule has 0 unspecified atom stereocenters. The molecule has 0 bridgehead atoms. The van der Waals surface area contributed by atoms with Gasteiger partial charge in [-0.2, -0.15) is 13.2 Å². The summed E-state index contributed by atoms with van der Waals surface area (Å²) in [5.41, 5.74) is 0.998. The van der Waals surface area contributed by atoms with Gasteiger partial charge >= 0.3 is 6.18 Å². The first-order valence-electron chi connectivity index (χ1n) is 6.04. The van der Waals surface area contributed by atoms with Crippen molar-refractivity contribution in [3.8, 4) is 0 Å². The highest BCUT2D eigenvalue weighted by Crippen LogP contribution is 2.38. The molecule has 100 valence electrons. The van der Waals surface area contributed by atoms with Gasteiger partial charge in [-0.15, -0.1) is 0 Å². The predicted molar refractivity (Wildman–Crippen MR) is 74.6 cm³/mol. The van der Waals surface area contributed by atoms with Crippen LogP contribution in [0.15, 0.2) is 24.3 Å². The van der Waals surface area contributed by atoms with Crippen LogP contribution in [0.2, 0.25) is 0 Å². The van der Waals surface area contributed by atoms with Crippen molar-refractivity contribution >= 4 is 28.3 Å². The van der Waals surface area contributed by atoms with Crippen molar-refractivity contribution < 1.29 is 13.2 Å². The minimum Gasteiger partial charge on any atom is -0.382 e. The van der Waals surface area contributed by atoms with Crippen LogP contribution in [-0.4, -0.2) is 12.2 Å². The van der Waals surface area contributed by atoms with Crippen LogP contribution in [0, 0.1) is 9.49 Å². The zero-order valence-electron chi connectivity index (χ0n) is 9.80. The third-order valence-electron chi connectivity index (χ3n) is 3.39. The van der Waals surface area contributed by atoms with E-state index < -0.39 is 12.1 Å². The number of benzene rings is 1. The Labute approximate surface area is 118 Å². The van der Waals surface area contributed by atoms with Crippen LogP contribution in [0.4, 0.5) is 18.9 Å². The molecule has 1 aliphatic carbocycles. The number of hydrogen-bond acceptors (Lipinski definition) is 1. The van der Waals surface area contributed by atoms with E-state index in [0.29, 0.717) is 12.8 Å². The summed E-state index contributed by atoms with van der Waals surface area (Å²) in [6.07, 6.45) is -2.35. The lowest BCUT2D eigenvalue weighted by atomic mass is 9.85. The largest absolute Gasteiger partial charge is 0.391 e. The summed E-state index contributed by atoms with van der Waals surface area (Å²) in [6.45, 7) is 0. The summed E-state index contributed by atoms with van der Waals surface area (Å²) in [5, 5.41) is 3.32. The highest BCUT2D eigenvalue weighted by Gasteiger charge is 2.41. The van der Waals surface area contributed by atoms with Crippen LogP contribution in [0.1, 0.15) is 25.7 Å². The van der Waals surface area contributed by atoms with Gasteiger partial charge in [-0.3, -0.25) is 0 Å². The second-order valence-corrected chi connectivity index (χ2v) is 5.99. The van der Waals surface area contributed by atoms with E-state index in [1.54, 1.807) is 0 Å². The quantitative estimate of drug-likeness (QED) is 0.737. The Kier molecular flexibility index (Phi) is 4.40. The van der Waals surface area contributed by atoms with Crippen molar-refractivity contribution in [3.05, 3.63) is 27.8 Å². The fraction of sp³-hybridized carbons (Fsp3) is 0.538. The first kappa shape index (κ1) is 14.0. The molecule has 0 spiro atoms. The van der Waals surface area contributed by atoms with Gasteiger partial charge in [0.05, 0.1) is 5.92 Å². The maximum atomic E-state index is 12.5. The molecule has 0 aliphatic heterocycles.